The molecule has 1 fully saturated rings. The van der Waals surface area contributed by atoms with Gasteiger partial charge in [0.15, 0.2) is 0 Å². The lowest BCUT2D eigenvalue weighted by atomic mass is 9.85. The van der Waals surface area contributed by atoms with Crippen molar-refractivity contribution in [3.63, 3.8) is 0 Å². The van der Waals surface area contributed by atoms with E-state index in [1.165, 1.54) is 11.1 Å². The summed E-state index contributed by atoms with van der Waals surface area (Å²) in [5, 5.41) is 9.67. The normalized spacial score (nSPS) is 27.7. The Morgan fingerprint density at radius 3 is 2.33 bits per heavy atom. The number of hydrogen-bond donors (Lipinski definition) is 1. The van der Waals surface area contributed by atoms with Crippen LogP contribution < -0.4 is 0 Å². The van der Waals surface area contributed by atoms with E-state index >= 15 is 0 Å². The summed E-state index contributed by atoms with van der Waals surface area (Å²) in [6, 6.07) is 8.54. The van der Waals surface area contributed by atoms with Gasteiger partial charge in [-0.2, -0.15) is 0 Å². The number of aryl methyl sites for hydroxylation is 1. The molecule has 1 heteroatoms. The SMILES string of the molecule is CCc1ccccc1C1(CO)CC1(C)C. The molecule has 1 unspecified atom stereocenters. The van der Waals surface area contributed by atoms with Crippen LogP contribution in [0.2, 0.25) is 0 Å². The number of benzene rings is 1. The van der Waals surface area contributed by atoms with Gasteiger partial charge in [-0.15, -0.1) is 0 Å². The van der Waals surface area contributed by atoms with Gasteiger partial charge in [-0.05, 0) is 29.4 Å². The van der Waals surface area contributed by atoms with Crippen LogP contribution in [0.3, 0.4) is 0 Å². The van der Waals surface area contributed by atoms with Crippen LogP contribution in [-0.4, -0.2) is 11.7 Å². The summed E-state index contributed by atoms with van der Waals surface area (Å²) in [5.74, 6) is 0. The van der Waals surface area contributed by atoms with Crippen LogP contribution in [0.4, 0.5) is 0 Å². The largest absolute Gasteiger partial charge is 0.395 e. The first-order chi connectivity index (χ1) is 7.07. The maximum Gasteiger partial charge on any atom is 0.0533 e. The standard InChI is InChI=1S/C14H20O/c1-4-11-7-5-6-8-12(11)14(10-15)9-13(14,2)3/h5-8,15H,4,9-10H2,1-3H3. The molecule has 0 bridgehead atoms. The lowest BCUT2D eigenvalue weighted by molar-refractivity contribution is 0.231. The Hall–Kier alpha value is -0.820. The summed E-state index contributed by atoms with van der Waals surface area (Å²) in [4.78, 5) is 0. The minimum atomic E-state index is 0.0274. The molecular weight excluding hydrogens is 184 g/mol. The summed E-state index contributed by atoms with van der Waals surface area (Å²) in [6.45, 7) is 6.95. The fourth-order valence-corrected chi connectivity index (χ4v) is 2.82. The molecule has 1 aromatic rings. The van der Waals surface area contributed by atoms with Crippen molar-refractivity contribution >= 4 is 0 Å². The molecule has 0 aromatic heterocycles. The van der Waals surface area contributed by atoms with Gasteiger partial charge in [0.05, 0.1) is 6.61 Å². The van der Waals surface area contributed by atoms with E-state index in [2.05, 4.69) is 45.0 Å². The van der Waals surface area contributed by atoms with Crippen molar-refractivity contribution in [2.24, 2.45) is 5.41 Å². The molecule has 0 aliphatic heterocycles. The van der Waals surface area contributed by atoms with Crippen molar-refractivity contribution in [3.05, 3.63) is 35.4 Å². The predicted octanol–water partition coefficient (Wildman–Crippen LogP) is 2.91. The zero-order chi connectivity index (χ0) is 11.1. The van der Waals surface area contributed by atoms with E-state index in [1.807, 2.05) is 0 Å². The van der Waals surface area contributed by atoms with Crippen LogP contribution in [0.1, 0.15) is 38.3 Å². The maximum atomic E-state index is 9.67. The zero-order valence-corrected chi connectivity index (χ0v) is 9.88. The van der Waals surface area contributed by atoms with E-state index in [0.29, 0.717) is 0 Å². The molecule has 1 atom stereocenters. The highest BCUT2D eigenvalue weighted by atomic mass is 16.3. The van der Waals surface area contributed by atoms with E-state index in [0.717, 1.165) is 12.8 Å². The number of aliphatic hydroxyl groups is 1. The lowest BCUT2D eigenvalue weighted by Crippen LogP contribution is -2.20. The van der Waals surface area contributed by atoms with Gasteiger partial charge in [0.2, 0.25) is 0 Å². The van der Waals surface area contributed by atoms with Gasteiger partial charge < -0.3 is 5.11 Å². The Morgan fingerprint density at radius 1 is 1.27 bits per heavy atom. The van der Waals surface area contributed by atoms with Crippen LogP contribution in [0.15, 0.2) is 24.3 Å². The summed E-state index contributed by atoms with van der Waals surface area (Å²) in [6.07, 6.45) is 2.15. The second-order valence-corrected chi connectivity index (χ2v) is 5.31. The Morgan fingerprint density at radius 2 is 1.87 bits per heavy atom. The molecule has 1 nitrogen and oxygen atoms in total. The molecule has 0 amide bonds. The molecule has 1 aliphatic rings. The highest BCUT2D eigenvalue weighted by Crippen LogP contribution is 2.64. The minimum absolute atomic E-state index is 0.0274. The third-order valence-electron chi connectivity index (χ3n) is 4.10. The molecule has 1 aromatic carbocycles. The van der Waals surface area contributed by atoms with Crippen molar-refractivity contribution in [3.8, 4) is 0 Å². The van der Waals surface area contributed by atoms with Gasteiger partial charge in [0, 0.05) is 5.41 Å². The van der Waals surface area contributed by atoms with Crippen molar-refractivity contribution in [1.82, 2.24) is 0 Å². The van der Waals surface area contributed by atoms with Gasteiger partial charge in [0.1, 0.15) is 0 Å². The number of hydrogen-bond acceptors (Lipinski definition) is 1. The van der Waals surface area contributed by atoms with Gasteiger partial charge in [-0.3, -0.25) is 0 Å². The molecule has 0 heterocycles. The summed E-state index contributed by atoms with van der Waals surface area (Å²) in [5.41, 5.74) is 3.03. The van der Waals surface area contributed by atoms with E-state index in [4.69, 9.17) is 0 Å². The van der Waals surface area contributed by atoms with E-state index in [9.17, 15) is 5.11 Å². The summed E-state index contributed by atoms with van der Waals surface area (Å²) >= 11 is 0. The Labute approximate surface area is 92.1 Å². The molecule has 82 valence electrons. The van der Waals surface area contributed by atoms with E-state index < -0.39 is 0 Å². The monoisotopic (exact) mass is 204 g/mol. The van der Waals surface area contributed by atoms with Gasteiger partial charge in [0.25, 0.3) is 0 Å². The third kappa shape index (κ3) is 1.41. The van der Waals surface area contributed by atoms with E-state index in [-0.39, 0.29) is 17.4 Å². The van der Waals surface area contributed by atoms with Crippen molar-refractivity contribution in [2.45, 2.75) is 39.0 Å². The van der Waals surface area contributed by atoms with Crippen molar-refractivity contribution < 1.29 is 5.11 Å². The first-order valence-corrected chi connectivity index (χ1v) is 5.76. The average molecular weight is 204 g/mol. The topological polar surface area (TPSA) is 20.2 Å². The Balaban J connectivity index is 2.46. The van der Waals surface area contributed by atoms with Crippen LogP contribution >= 0.6 is 0 Å². The van der Waals surface area contributed by atoms with Gasteiger partial charge in [-0.1, -0.05) is 45.0 Å². The lowest BCUT2D eigenvalue weighted by Gasteiger charge is -2.21. The van der Waals surface area contributed by atoms with Crippen molar-refractivity contribution in [1.29, 1.82) is 0 Å². The molecular formula is C14H20O. The molecule has 1 N–H and O–H groups in total. The van der Waals surface area contributed by atoms with Crippen LogP contribution in [0.25, 0.3) is 0 Å². The summed E-state index contributed by atoms with van der Waals surface area (Å²) < 4.78 is 0. The highest BCUT2D eigenvalue weighted by molar-refractivity contribution is 5.42. The quantitative estimate of drug-likeness (QED) is 0.802. The zero-order valence-electron chi connectivity index (χ0n) is 9.88. The molecule has 0 spiro atoms. The number of aliphatic hydroxyl groups excluding tert-OH is 1. The first kappa shape index (κ1) is 10.7. The molecule has 0 saturated heterocycles. The third-order valence-corrected chi connectivity index (χ3v) is 4.10. The van der Waals surface area contributed by atoms with Gasteiger partial charge >= 0.3 is 0 Å². The number of rotatable bonds is 3. The molecule has 1 aliphatic carbocycles. The van der Waals surface area contributed by atoms with Crippen LogP contribution in [0, 0.1) is 5.41 Å². The van der Waals surface area contributed by atoms with E-state index in [1.54, 1.807) is 0 Å². The second kappa shape index (κ2) is 3.34. The summed E-state index contributed by atoms with van der Waals surface area (Å²) in [7, 11) is 0. The average Bonchev–Trinajstić information content (AvgIpc) is 2.82. The van der Waals surface area contributed by atoms with Gasteiger partial charge in [-0.25, -0.2) is 0 Å². The molecule has 1 saturated carbocycles. The second-order valence-electron chi connectivity index (χ2n) is 5.31. The van der Waals surface area contributed by atoms with Crippen LogP contribution in [-0.2, 0) is 11.8 Å². The Kier molecular flexibility index (Phi) is 2.38. The molecule has 2 rings (SSSR count). The Bertz CT molecular complexity index is 367. The highest BCUT2D eigenvalue weighted by Gasteiger charge is 2.61. The maximum absolute atomic E-state index is 9.67. The van der Waals surface area contributed by atoms with Crippen LogP contribution in [0.5, 0.6) is 0 Å². The fourth-order valence-electron chi connectivity index (χ4n) is 2.82. The predicted molar refractivity (Wildman–Crippen MR) is 63.0 cm³/mol. The molecule has 15 heavy (non-hydrogen) atoms. The smallest absolute Gasteiger partial charge is 0.0533 e. The van der Waals surface area contributed by atoms with Crippen molar-refractivity contribution in [2.75, 3.05) is 6.61 Å². The minimum Gasteiger partial charge on any atom is -0.395 e. The fraction of sp³-hybridized carbons (Fsp3) is 0.571. The molecule has 0 radical (unpaired) electrons. The first-order valence-electron chi connectivity index (χ1n) is 5.76.